The van der Waals surface area contributed by atoms with Crippen molar-refractivity contribution in [2.24, 2.45) is 0 Å². The van der Waals surface area contributed by atoms with Crippen LogP contribution >= 0.6 is 0 Å². The highest BCUT2D eigenvalue weighted by molar-refractivity contribution is 7.90. The number of halogens is 1. The summed E-state index contributed by atoms with van der Waals surface area (Å²) in [5.41, 5.74) is 2.16. The van der Waals surface area contributed by atoms with Gasteiger partial charge in [0.2, 0.25) is 0 Å². The Bertz CT molecular complexity index is 1070. The molecule has 0 N–H and O–H groups in total. The Labute approximate surface area is 181 Å². The lowest BCUT2D eigenvalue weighted by atomic mass is 10.0. The van der Waals surface area contributed by atoms with Crippen molar-refractivity contribution in [1.82, 2.24) is 19.6 Å². The number of nitrogens with zero attached hydrogens (tertiary/aromatic N) is 4. The van der Waals surface area contributed by atoms with Crippen LogP contribution in [-0.2, 0) is 27.7 Å². The largest absolute Gasteiger partial charge is 0.447 e. The number of amides is 1. The van der Waals surface area contributed by atoms with E-state index in [9.17, 15) is 17.6 Å². The summed E-state index contributed by atoms with van der Waals surface area (Å²) < 4.78 is 44.5. The first-order valence-electron chi connectivity index (χ1n) is 10.4. The molecular formula is C21H27FN4O4S. The van der Waals surface area contributed by atoms with E-state index in [4.69, 9.17) is 4.74 Å². The van der Waals surface area contributed by atoms with Crippen LogP contribution in [0.25, 0.3) is 5.69 Å². The van der Waals surface area contributed by atoms with E-state index in [-0.39, 0.29) is 22.8 Å². The van der Waals surface area contributed by atoms with Gasteiger partial charge in [-0.15, -0.1) is 0 Å². The van der Waals surface area contributed by atoms with Crippen molar-refractivity contribution in [3.05, 3.63) is 41.5 Å². The zero-order valence-corrected chi connectivity index (χ0v) is 18.7. The number of carbonyl (C=O) groups excluding carboxylic acids is 1. The number of fused-ring (bicyclic) bond motifs is 1. The molecule has 31 heavy (non-hydrogen) atoms. The second-order valence-corrected chi connectivity index (χ2v) is 10.5. The van der Waals surface area contributed by atoms with Gasteiger partial charge in [0.15, 0.2) is 9.84 Å². The number of carbonyl (C=O) groups is 1. The fourth-order valence-corrected chi connectivity index (χ4v) is 4.79. The Morgan fingerprint density at radius 3 is 2.52 bits per heavy atom. The molecule has 0 bridgehead atoms. The molecule has 0 saturated carbocycles. The molecule has 4 rings (SSSR count). The quantitative estimate of drug-likeness (QED) is 0.712. The van der Waals surface area contributed by atoms with Crippen molar-refractivity contribution in [2.45, 2.75) is 56.8 Å². The molecule has 0 spiro atoms. The number of ether oxygens (including phenoxy) is 1. The van der Waals surface area contributed by atoms with Crippen molar-refractivity contribution in [2.75, 3.05) is 19.3 Å². The molecule has 10 heteroatoms. The molecule has 0 unspecified atom stereocenters. The van der Waals surface area contributed by atoms with Gasteiger partial charge in [-0.25, -0.2) is 22.3 Å². The third-order valence-electron chi connectivity index (χ3n) is 5.77. The van der Waals surface area contributed by atoms with Gasteiger partial charge in [-0.05, 0) is 44.9 Å². The highest BCUT2D eigenvalue weighted by Crippen LogP contribution is 2.29. The van der Waals surface area contributed by atoms with Crippen molar-refractivity contribution in [3.8, 4) is 5.69 Å². The highest BCUT2D eigenvalue weighted by atomic mass is 32.2. The van der Waals surface area contributed by atoms with Gasteiger partial charge in [0.05, 0.1) is 16.7 Å². The van der Waals surface area contributed by atoms with Crippen LogP contribution in [0.2, 0.25) is 0 Å². The topological polar surface area (TPSA) is 84.7 Å². The average Bonchev–Trinajstić information content (AvgIpc) is 3.26. The Kier molecular flexibility index (Phi) is 5.78. The standard InChI is InChI=1S/C21H27FN4O4S/c1-14(2)30-21(27)24-8-6-16(7-9-24)25-11-15-12-26(23-19(15)13-25)20-5-4-17(10-18(20)22)31(3,28)29/h4-5,10,12,14,16H,6-9,11,13H2,1-3H3. The maximum Gasteiger partial charge on any atom is 0.410 e. The molecule has 1 aromatic heterocycles. The van der Waals surface area contributed by atoms with Gasteiger partial charge in [0, 0.05) is 50.2 Å². The lowest BCUT2D eigenvalue weighted by Crippen LogP contribution is -2.45. The van der Waals surface area contributed by atoms with Crippen LogP contribution in [0.3, 0.4) is 0 Å². The molecule has 1 saturated heterocycles. The minimum atomic E-state index is -3.46. The molecule has 1 fully saturated rings. The number of piperidine rings is 1. The molecule has 0 aliphatic carbocycles. The first-order valence-corrected chi connectivity index (χ1v) is 12.3. The van der Waals surface area contributed by atoms with Gasteiger partial charge in [0.25, 0.3) is 0 Å². The van der Waals surface area contributed by atoms with Crippen LogP contribution in [0.4, 0.5) is 9.18 Å². The number of aromatic nitrogens is 2. The van der Waals surface area contributed by atoms with Gasteiger partial charge >= 0.3 is 6.09 Å². The van der Waals surface area contributed by atoms with Crippen molar-refractivity contribution in [3.63, 3.8) is 0 Å². The lowest BCUT2D eigenvalue weighted by Gasteiger charge is -2.36. The Hall–Kier alpha value is -2.46. The molecule has 1 aromatic carbocycles. The minimum absolute atomic E-state index is 0.0526. The maximum absolute atomic E-state index is 14.5. The Balaban J connectivity index is 1.39. The molecule has 1 amide bonds. The third-order valence-corrected chi connectivity index (χ3v) is 6.88. The minimum Gasteiger partial charge on any atom is -0.447 e. The van der Waals surface area contributed by atoms with Crippen LogP contribution in [0.15, 0.2) is 29.3 Å². The summed E-state index contributed by atoms with van der Waals surface area (Å²) in [4.78, 5) is 16.1. The average molecular weight is 451 g/mol. The monoisotopic (exact) mass is 450 g/mol. The zero-order valence-electron chi connectivity index (χ0n) is 17.9. The second-order valence-electron chi connectivity index (χ2n) is 8.49. The molecule has 3 heterocycles. The van der Waals surface area contributed by atoms with E-state index in [2.05, 4.69) is 10.00 Å². The summed E-state index contributed by atoms with van der Waals surface area (Å²) in [6, 6.07) is 4.22. The first-order chi connectivity index (χ1) is 14.6. The summed E-state index contributed by atoms with van der Waals surface area (Å²) in [6.07, 6.45) is 4.24. The summed E-state index contributed by atoms with van der Waals surface area (Å²) >= 11 is 0. The molecule has 0 atom stereocenters. The van der Waals surface area contributed by atoms with Gasteiger partial charge in [-0.1, -0.05) is 0 Å². The molecule has 2 aliphatic rings. The molecule has 0 radical (unpaired) electrons. The fourth-order valence-electron chi connectivity index (χ4n) is 4.15. The highest BCUT2D eigenvalue weighted by Gasteiger charge is 2.32. The van der Waals surface area contributed by atoms with E-state index < -0.39 is 15.7 Å². The van der Waals surface area contributed by atoms with Gasteiger partial charge < -0.3 is 9.64 Å². The molecule has 2 aromatic rings. The van der Waals surface area contributed by atoms with E-state index in [1.54, 1.807) is 4.90 Å². The van der Waals surface area contributed by atoms with E-state index in [0.29, 0.717) is 25.7 Å². The van der Waals surface area contributed by atoms with E-state index >= 15 is 0 Å². The molecular weight excluding hydrogens is 423 g/mol. The summed E-state index contributed by atoms with van der Waals surface area (Å²) in [5.74, 6) is -0.624. The number of hydrogen-bond acceptors (Lipinski definition) is 6. The van der Waals surface area contributed by atoms with Crippen LogP contribution in [-0.4, -0.2) is 65.6 Å². The predicted molar refractivity (Wildman–Crippen MR) is 112 cm³/mol. The van der Waals surface area contributed by atoms with Crippen LogP contribution < -0.4 is 0 Å². The second kappa shape index (κ2) is 8.23. The Morgan fingerprint density at radius 2 is 1.94 bits per heavy atom. The number of sulfone groups is 1. The van der Waals surface area contributed by atoms with Crippen molar-refractivity contribution >= 4 is 15.9 Å². The summed E-state index contributed by atoms with van der Waals surface area (Å²) in [6.45, 7) is 6.42. The van der Waals surface area contributed by atoms with Crippen LogP contribution in [0.5, 0.6) is 0 Å². The normalized spacial score (nSPS) is 17.9. The summed E-state index contributed by atoms with van der Waals surface area (Å²) in [7, 11) is -3.46. The van der Waals surface area contributed by atoms with Gasteiger partial charge in [-0.2, -0.15) is 5.10 Å². The smallest absolute Gasteiger partial charge is 0.410 e. The molecule has 2 aliphatic heterocycles. The number of hydrogen-bond donors (Lipinski definition) is 0. The first kappa shape index (κ1) is 21.8. The van der Waals surface area contributed by atoms with Crippen LogP contribution in [0, 0.1) is 5.82 Å². The number of rotatable bonds is 4. The number of likely N-dealkylation sites (tertiary alicyclic amines) is 1. The Morgan fingerprint density at radius 1 is 1.23 bits per heavy atom. The third kappa shape index (κ3) is 4.59. The lowest BCUT2D eigenvalue weighted by molar-refractivity contribution is 0.0540. The molecule has 168 valence electrons. The van der Waals surface area contributed by atoms with E-state index in [1.165, 1.54) is 16.8 Å². The predicted octanol–water partition coefficient (Wildman–Crippen LogP) is 2.74. The van der Waals surface area contributed by atoms with Crippen molar-refractivity contribution < 1.29 is 22.3 Å². The zero-order chi connectivity index (χ0) is 22.3. The van der Waals surface area contributed by atoms with E-state index in [1.807, 2.05) is 20.0 Å². The summed E-state index contributed by atoms with van der Waals surface area (Å²) in [5, 5.41) is 4.54. The SMILES string of the molecule is CC(C)OC(=O)N1CCC(N2Cc3cn(-c4ccc(S(C)(=O)=O)cc4F)nc3C2)CC1. The molecule has 8 nitrogen and oxygen atoms in total. The maximum atomic E-state index is 14.5. The van der Waals surface area contributed by atoms with Crippen molar-refractivity contribution in [1.29, 1.82) is 0 Å². The van der Waals surface area contributed by atoms with E-state index in [0.717, 1.165) is 43.0 Å². The van der Waals surface area contributed by atoms with Gasteiger partial charge in [-0.3, -0.25) is 4.90 Å². The fraction of sp³-hybridized carbons (Fsp3) is 0.524. The van der Waals surface area contributed by atoms with Gasteiger partial charge in [0.1, 0.15) is 11.5 Å². The number of benzene rings is 1. The van der Waals surface area contributed by atoms with Crippen LogP contribution in [0.1, 0.15) is 37.9 Å².